The van der Waals surface area contributed by atoms with E-state index in [-0.39, 0.29) is 42.2 Å². The molecule has 0 aromatic carbocycles. The van der Waals surface area contributed by atoms with Gasteiger partial charge in [-0.15, -0.1) is 16.8 Å². The van der Waals surface area contributed by atoms with Crippen molar-refractivity contribution in [2.75, 3.05) is 36.6 Å². The van der Waals surface area contributed by atoms with Gasteiger partial charge >= 0.3 is 5.69 Å². The largest absolute Gasteiger partial charge is 0.383 e. The Bertz CT molecular complexity index is 1040. The molecule has 1 amide bonds. The van der Waals surface area contributed by atoms with E-state index in [2.05, 4.69) is 21.8 Å². The summed E-state index contributed by atoms with van der Waals surface area (Å²) in [5.41, 5.74) is 4.79. The number of hydrogen-bond donors (Lipinski definition) is 2. The van der Waals surface area contributed by atoms with Gasteiger partial charge in [-0.25, -0.2) is 4.79 Å². The number of anilines is 2. The van der Waals surface area contributed by atoms with Gasteiger partial charge in [0, 0.05) is 26.7 Å². The highest BCUT2D eigenvalue weighted by Crippen LogP contribution is 2.22. The smallest absolute Gasteiger partial charge is 0.330 e. The number of amides is 1. The molecule has 0 aliphatic rings. The van der Waals surface area contributed by atoms with E-state index < -0.39 is 11.2 Å². The number of ether oxygens (including phenoxy) is 1. The second-order valence-corrected chi connectivity index (χ2v) is 8.20. The molecule has 0 unspecified atom stereocenters. The Morgan fingerprint density at radius 2 is 2.06 bits per heavy atom. The van der Waals surface area contributed by atoms with Gasteiger partial charge in [0.15, 0.2) is 10.8 Å². The molecule has 2 rings (SSSR count). The Balaban J connectivity index is 2.37. The van der Waals surface area contributed by atoms with Crippen molar-refractivity contribution in [2.45, 2.75) is 39.0 Å². The summed E-state index contributed by atoms with van der Waals surface area (Å²) >= 11 is 1.19. The number of nitrogens with zero attached hydrogens (tertiary/aromatic N) is 5. The Labute approximate surface area is 184 Å². The quantitative estimate of drug-likeness (QED) is 0.374. The van der Waals surface area contributed by atoms with Crippen molar-refractivity contribution < 1.29 is 9.53 Å². The van der Waals surface area contributed by atoms with Crippen molar-refractivity contribution >= 4 is 29.2 Å². The lowest BCUT2D eigenvalue weighted by Gasteiger charge is -2.24. The van der Waals surface area contributed by atoms with Gasteiger partial charge in [0.05, 0.1) is 12.4 Å². The summed E-state index contributed by atoms with van der Waals surface area (Å²) in [6.45, 7) is 10.5. The molecule has 2 aromatic rings. The van der Waals surface area contributed by atoms with E-state index in [0.29, 0.717) is 24.1 Å². The number of aromatic nitrogens is 5. The van der Waals surface area contributed by atoms with Gasteiger partial charge < -0.3 is 19.9 Å². The molecule has 0 atom stereocenters. The normalized spacial score (nSPS) is 11.1. The van der Waals surface area contributed by atoms with Crippen LogP contribution in [-0.2, 0) is 22.6 Å². The molecule has 0 fully saturated rings. The monoisotopic (exact) mass is 451 g/mol. The van der Waals surface area contributed by atoms with Crippen LogP contribution in [-0.4, -0.2) is 56.2 Å². The topological polar surface area (TPSA) is 141 Å². The highest BCUT2D eigenvalue weighted by atomic mass is 32.2. The van der Waals surface area contributed by atoms with Crippen LogP contribution in [0.2, 0.25) is 0 Å². The Hall–Kier alpha value is -2.86. The molecule has 12 heteroatoms. The first kappa shape index (κ1) is 24.4. The fourth-order valence-electron chi connectivity index (χ4n) is 2.94. The first-order valence-corrected chi connectivity index (χ1v) is 10.7. The van der Waals surface area contributed by atoms with Crippen molar-refractivity contribution in [1.29, 1.82) is 0 Å². The molecule has 2 heterocycles. The molecule has 2 aromatic heterocycles. The lowest BCUT2D eigenvalue weighted by atomic mass is 10.2. The third-order valence-electron chi connectivity index (χ3n) is 4.39. The first-order valence-electron chi connectivity index (χ1n) is 9.76. The van der Waals surface area contributed by atoms with Crippen molar-refractivity contribution in [1.82, 2.24) is 24.3 Å². The van der Waals surface area contributed by atoms with Crippen LogP contribution in [0.1, 0.15) is 19.7 Å². The Morgan fingerprint density at radius 1 is 1.35 bits per heavy atom. The summed E-state index contributed by atoms with van der Waals surface area (Å²) in [5, 5.41) is 8.68. The fourth-order valence-corrected chi connectivity index (χ4v) is 3.81. The molecule has 0 saturated carbocycles. The third-order valence-corrected chi connectivity index (χ3v) is 5.34. The molecule has 0 aliphatic heterocycles. The zero-order valence-corrected chi connectivity index (χ0v) is 19.1. The predicted molar refractivity (Wildman–Crippen MR) is 120 cm³/mol. The molecule has 0 bridgehead atoms. The molecular formula is C19H29N7O4S. The van der Waals surface area contributed by atoms with Gasteiger partial charge in [-0.05, 0) is 12.8 Å². The molecular weight excluding hydrogens is 422 g/mol. The summed E-state index contributed by atoms with van der Waals surface area (Å²) in [7, 11) is 1.49. The van der Waals surface area contributed by atoms with E-state index in [1.165, 1.54) is 28.3 Å². The number of methoxy groups -OCH3 is 1. The average molecular weight is 452 g/mol. The lowest BCUT2D eigenvalue weighted by Crippen LogP contribution is -2.43. The SMILES string of the molecule is C=CCn1c(C)nnc1SCC(=O)N(CCOC)c1c(N)n(CC(C)C)c(=O)[nH]c1=O. The maximum Gasteiger partial charge on any atom is 0.330 e. The van der Waals surface area contributed by atoms with E-state index in [0.717, 1.165) is 0 Å². The zero-order chi connectivity index (χ0) is 23.1. The summed E-state index contributed by atoms with van der Waals surface area (Å²) < 4.78 is 8.20. The standard InChI is InChI=1S/C19H29N7O4S/c1-6-7-24-13(4)22-23-19(24)31-11-14(27)25(8-9-30-5)15-16(20)26(10-12(2)3)18(29)21-17(15)28/h6,12H,1,7-11,20H2,2-5H3,(H,21,28,29). The summed E-state index contributed by atoms with van der Waals surface area (Å²) in [4.78, 5) is 41.4. The van der Waals surface area contributed by atoms with Gasteiger partial charge in [-0.1, -0.05) is 31.7 Å². The van der Waals surface area contributed by atoms with Crippen molar-refractivity contribution in [3.05, 3.63) is 39.3 Å². The van der Waals surface area contributed by atoms with Crippen LogP contribution in [0.5, 0.6) is 0 Å². The Kier molecular flexibility index (Phi) is 8.63. The van der Waals surface area contributed by atoms with Crippen molar-refractivity contribution in [2.24, 2.45) is 5.92 Å². The third kappa shape index (κ3) is 5.85. The number of carbonyl (C=O) groups excluding carboxylic acids is 1. The van der Waals surface area contributed by atoms with Gasteiger partial charge in [-0.3, -0.25) is 19.1 Å². The number of carbonyl (C=O) groups is 1. The number of thioether (sulfide) groups is 1. The molecule has 0 radical (unpaired) electrons. The van der Waals surface area contributed by atoms with Crippen LogP contribution in [0.3, 0.4) is 0 Å². The number of aromatic amines is 1. The fraction of sp³-hybridized carbons (Fsp3) is 0.526. The summed E-state index contributed by atoms with van der Waals surface area (Å²) in [6.07, 6.45) is 1.71. The minimum Gasteiger partial charge on any atom is -0.383 e. The molecule has 170 valence electrons. The van der Waals surface area contributed by atoms with Crippen LogP contribution < -0.4 is 21.9 Å². The molecule has 0 aliphatic carbocycles. The van der Waals surface area contributed by atoms with Crippen molar-refractivity contribution in [3.8, 4) is 0 Å². The number of aryl methyl sites for hydroxylation is 1. The number of hydrogen-bond acceptors (Lipinski definition) is 8. The number of nitrogens with two attached hydrogens (primary N) is 1. The highest BCUT2D eigenvalue weighted by Gasteiger charge is 2.25. The van der Waals surface area contributed by atoms with Gasteiger partial charge in [-0.2, -0.15) is 0 Å². The van der Waals surface area contributed by atoms with Crippen LogP contribution in [0, 0.1) is 12.8 Å². The summed E-state index contributed by atoms with van der Waals surface area (Å²) in [6, 6.07) is 0. The van der Waals surface area contributed by atoms with Crippen LogP contribution >= 0.6 is 11.8 Å². The molecule has 31 heavy (non-hydrogen) atoms. The molecule has 11 nitrogen and oxygen atoms in total. The average Bonchev–Trinajstić information content (AvgIpc) is 3.05. The molecule has 0 saturated heterocycles. The van der Waals surface area contributed by atoms with Crippen molar-refractivity contribution in [3.63, 3.8) is 0 Å². The van der Waals surface area contributed by atoms with Crippen LogP contribution in [0.4, 0.5) is 11.5 Å². The van der Waals surface area contributed by atoms with Gasteiger partial charge in [0.2, 0.25) is 5.91 Å². The first-order chi connectivity index (χ1) is 14.7. The predicted octanol–water partition coefficient (Wildman–Crippen LogP) is 0.632. The minimum atomic E-state index is -0.720. The molecule has 0 spiro atoms. The van der Waals surface area contributed by atoms with E-state index in [1.807, 2.05) is 25.3 Å². The zero-order valence-electron chi connectivity index (χ0n) is 18.3. The van der Waals surface area contributed by atoms with E-state index in [4.69, 9.17) is 10.5 Å². The number of rotatable bonds is 11. The highest BCUT2D eigenvalue weighted by molar-refractivity contribution is 7.99. The lowest BCUT2D eigenvalue weighted by molar-refractivity contribution is -0.116. The van der Waals surface area contributed by atoms with Gasteiger partial charge in [0.25, 0.3) is 5.56 Å². The van der Waals surface area contributed by atoms with E-state index >= 15 is 0 Å². The number of nitrogens with one attached hydrogen (secondary N) is 1. The van der Waals surface area contributed by atoms with Crippen LogP contribution in [0.25, 0.3) is 0 Å². The maximum atomic E-state index is 13.1. The van der Waals surface area contributed by atoms with Gasteiger partial charge in [0.1, 0.15) is 11.6 Å². The van der Waals surface area contributed by atoms with E-state index in [9.17, 15) is 14.4 Å². The number of nitrogen functional groups attached to an aromatic ring is 1. The Morgan fingerprint density at radius 3 is 2.68 bits per heavy atom. The molecule has 3 N–H and O–H groups in total. The second kappa shape index (κ2) is 11.0. The van der Waals surface area contributed by atoms with Crippen LogP contribution in [0.15, 0.2) is 27.4 Å². The second-order valence-electron chi connectivity index (χ2n) is 7.25. The maximum absolute atomic E-state index is 13.1. The van der Waals surface area contributed by atoms with E-state index in [1.54, 1.807) is 6.08 Å². The minimum absolute atomic E-state index is 0.0127. The summed E-state index contributed by atoms with van der Waals surface area (Å²) in [5.74, 6) is 0.369. The number of H-pyrrole nitrogens is 1. The number of allylic oxidation sites excluding steroid dienone is 1.